The number of ether oxygens (including phenoxy) is 1. The summed E-state index contributed by atoms with van der Waals surface area (Å²) in [7, 11) is -3.11. The molecular formula is C11H21NO3S. The van der Waals surface area contributed by atoms with Gasteiger partial charge in [-0.3, -0.25) is 0 Å². The minimum absolute atomic E-state index is 0.106. The lowest BCUT2D eigenvalue weighted by Gasteiger charge is -2.36. The Labute approximate surface area is 98.0 Å². The molecule has 2 saturated heterocycles. The van der Waals surface area contributed by atoms with Gasteiger partial charge in [-0.05, 0) is 24.7 Å². The van der Waals surface area contributed by atoms with Crippen LogP contribution >= 0.6 is 0 Å². The standard InChI is InChI=1S/C11H21NO3S/c1-9-7-15-8-10(2)11(9)16(13,14)12-5-3-4-6-12/h9-11H,3-8H2,1-2H3/t9-,10-/m1/s1. The average Bonchev–Trinajstić information content (AvgIpc) is 2.69. The van der Waals surface area contributed by atoms with E-state index in [1.165, 1.54) is 0 Å². The van der Waals surface area contributed by atoms with Crippen LogP contribution in [0.4, 0.5) is 0 Å². The molecule has 0 aromatic rings. The van der Waals surface area contributed by atoms with Crippen molar-refractivity contribution in [1.29, 1.82) is 0 Å². The zero-order valence-corrected chi connectivity index (χ0v) is 10.9. The van der Waals surface area contributed by atoms with Gasteiger partial charge in [0.1, 0.15) is 0 Å². The Bertz CT molecular complexity index is 325. The van der Waals surface area contributed by atoms with Crippen LogP contribution in [-0.2, 0) is 14.8 Å². The molecule has 0 unspecified atom stereocenters. The van der Waals surface area contributed by atoms with Crippen molar-refractivity contribution in [2.75, 3.05) is 26.3 Å². The van der Waals surface area contributed by atoms with Crippen LogP contribution < -0.4 is 0 Å². The maximum absolute atomic E-state index is 12.5. The molecule has 2 atom stereocenters. The third-order valence-electron chi connectivity index (χ3n) is 3.65. The Hall–Kier alpha value is -0.130. The summed E-state index contributed by atoms with van der Waals surface area (Å²) >= 11 is 0. The minimum atomic E-state index is -3.11. The van der Waals surface area contributed by atoms with E-state index in [1.54, 1.807) is 4.31 Å². The van der Waals surface area contributed by atoms with Crippen molar-refractivity contribution in [3.8, 4) is 0 Å². The molecule has 0 spiro atoms. The molecule has 0 amide bonds. The second kappa shape index (κ2) is 4.63. The van der Waals surface area contributed by atoms with E-state index >= 15 is 0 Å². The second-order valence-electron chi connectivity index (χ2n) is 5.11. The van der Waals surface area contributed by atoms with Crippen molar-refractivity contribution >= 4 is 10.0 Å². The van der Waals surface area contributed by atoms with E-state index < -0.39 is 10.0 Å². The smallest absolute Gasteiger partial charge is 0.217 e. The Morgan fingerprint density at radius 1 is 1.06 bits per heavy atom. The van der Waals surface area contributed by atoms with E-state index in [0.29, 0.717) is 26.3 Å². The first-order chi connectivity index (χ1) is 7.53. The molecule has 0 aromatic heterocycles. The van der Waals surface area contributed by atoms with Crippen LogP contribution in [0.5, 0.6) is 0 Å². The summed E-state index contributed by atoms with van der Waals surface area (Å²) in [6.07, 6.45) is 2.01. The second-order valence-corrected chi connectivity index (χ2v) is 7.20. The molecular weight excluding hydrogens is 226 g/mol. The Balaban J connectivity index is 2.20. The summed E-state index contributed by atoms with van der Waals surface area (Å²) in [6.45, 7) is 6.52. The molecule has 0 saturated carbocycles. The predicted molar refractivity (Wildman–Crippen MR) is 62.7 cm³/mol. The van der Waals surface area contributed by atoms with Gasteiger partial charge in [0.25, 0.3) is 0 Å². The minimum Gasteiger partial charge on any atom is -0.381 e. The van der Waals surface area contributed by atoms with Crippen molar-refractivity contribution in [3.05, 3.63) is 0 Å². The van der Waals surface area contributed by atoms with Crippen molar-refractivity contribution in [1.82, 2.24) is 4.31 Å². The van der Waals surface area contributed by atoms with Crippen LogP contribution in [0.1, 0.15) is 26.7 Å². The third kappa shape index (κ3) is 2.13. The van der Waals surface area contributed by atoms with Crippen molar-refractivity contribution in [3.63, 3.8) is 0 Å². The van der Waals surface area contributed by atoms with Crippen LogP contribution in [0, 0.1) is 11.8 Å². The predicted octanol–water partition coefficient (Wildman–Crippen LogP) is 1.08. The molecule has 0 radical (unpaired) electrons. The fraction of sp³-hybridized carbons (Fsp3) is 1.00. The molecule has 2 heterocycles. The van der Waals surface area contributed by atoms with Crippen molar-refractivity contribution in [2.24, 2.45) is 11.8 Å². The summed E-state index contributed by atoms with van der Waals surface area (Å²) in [4.78, 5) is 0. The Kier molecular flexibility index (Phi) is 3.56. The van der Waals surface area contributed by atoms with Gasteiger partial charge in [-0.25, -0.2) is 12.7 Å². The first kappa shape index (κ1) is 12.3. The van der Waals surface area contributed by atoms with Gasteiger partial charge in [0.2, 0.25) is 10.0 Å². The summed E-state index contributed by atoms with van der Waals surface area (Å²) in [6, 6.07) is 0. The van der Waals surface area contributed by atoms with E-state index in [2.05, 4.69) is 0 Å². The molecule has 2 aliphatic rings. The lowest BCUT2D eigenvalue weighted by Crippen LogP contribution is -2.48. The van der Waals surface area contributed by atoms with E-state index in [0.717, 1.165) is 12.8 Å². The quantitative estimate of drug-likeness (QED) is 0.733. The molecule has 0 aromatic carbocycles. The van der Waals surface area contributed by atoms with Crippen molar-refractivity contribution in [2.45, 2.75) is 31.9 Å². The third-order valence-corrected chi connectivity index (χ3v) is 6.35. The van der Waals surface area contributed by atoms with Gasteiger partial charge >= 0.3 is 0 Å². The summed E-state index contributed by atoms with van der Waals surface area (Å²) in [5.74, 6) is 0.212. The number of nitrogens with zero attached hydrogens (tertiary/aromatic N) is 1. The summed E-state index contributed by atoms with van der Waals surface area (Å²) in [5, 5.41) is -0.251. The zero-order chi connectivity index (χ0) is 11.8. The molecule has 2 rings (SSSR count). The number of hydrogen-bond donors (Lipinski definition) is 0. The SMILES string of the molecule is C[C@@H]1COC[C@@H](C)C1S(=O)(=O)N1CCCC1. The Morgan fingerprint density at radius 2 is 1.56 bits per heavy atom. The van der Waals surface area contributed by atoms with Gasteiger partial charge in [-0.2, -0.15) is 0 Å². The summed E-state index contributed by atoms with van der Waals surface area (Å²) in [5.41, 5.74) is 0. The molecule has 0 bridgehead atoms. The fourth-order valence-electron chi connectivity index (χ4n) is 2.89. The van der Waals surface area contributed by atoms with Crippen LogP contribution in [-0.4, -0.2) is 44.3 Å². The number of hydrogen-bond acceptors (Lipinski definition) is 3. The zero-order valence-electron chi connectivity index (χ0n) is 10.1. The molecule has 2 fully saturated rings. The molecule has 0 aliphatic carbocycles. The van der Waals surface area contributed by atoms with Gasteiger partial charge < -0.3 is 4.74 Å². The van der Waals surface area contributed by atoms with E-state index in [-0.39, 0.29) is 17.1 Å². The molecule has 2 aliphatic heterocycles. The maximum atomic E-state index is 12.5. The topological polar surface area (TPSA) is 46.6 Å². The maximum Gasteiger partial charge on any atom is 0.217 e. The van der Waals surface area contributed by atoms with Crippen LogP contribution in [0.2, 0.25) is 0 Å². The number of sulfonamides is 1. The van der Waals surface area contributed by atoms with Gasteiger partial charge in [0.05, 0.1) is 18.5 Å². The van der Waals surface area contributed by atoms with E-state index in [9.17, 15) is 8.42 Å². The van der Waals surface area contributed by atoms with Crippen LogP contribution in [0.3, 0.4) is 0 Å². The molecule has 5 heteroatoms. The largest absolute Gasteiger partial charge is 0.381 e. The first-order valence-electron chi connectivity index (χ1n) is 6.10. The highest BCUT2D eigenvalue weighted by Gasteiger charge is 2.42. The normalized spacial score (nSPS) is 34.4. The fourth-order valence-corrected chi connectivity index (χ4v) is 5.34. The summed E-state index contributed by atoms with van der Waals surface area (Å²) < 4.78 is 32.0. The lowest BCUT2D eigenvalue weighted by molar-refractivity contribution is 0.0291. The lowest BCUT2D eigenvalue weighted by atomic mass is 9.95. The monoisotopic (exact) mass is 247 g/mol. The molecule has 94 valence electrons. The molecule has 0 N–H and O–H groups in total. The highest BCUT2D eigenvalue weighted by Crippen LogP contribution is 2.30. The van der Waals surface area contributed by atoms with Gasteiger partial charge in [0, 0.05) is 13.1 Å². The van der Waals surface area contributed by atoms with Crippen LogP contribution in [0.15, 0.2) is 0 Å². The molecule has 16 heavy (non-hydrogen) atoms. The number of rotatable bonds is 2. The highest BCUT2D eigenvalue weighted by atomic mass is 32.2. The first-order valence-corrected chi connectivity index (χ1v) is 7.60. The van der Waals surface area contributed by atoms with E-state index in [4.69, 9.17) is 4.74 Å². The van der Waals surface area contributed by atoms with Gasteiger partial charge in [-0.15, -0.1) is 0 Å². The molecule has 4 nitrogen and oxygen atoms in total. The van der Waals surface area contributed by atoms with E-state index in [1.807, 2.05) is 13.8 Å². The van der Waals surface area contributed by atoms with Gasteiger partial charge in [0.15, 0.2) is 0 Å². The van der Waals surface area contributed by atoms with Gasteiger partial charge in [-0.1, -0.05) is 13.8 Å². The average molecular weight is 247 g/mol. The highest BCUT2D eigenvalue weighted by molar-refractivity contribution is 7.89. The van der Waals surface area contributed by atoms with Crippen molar-refractivity contribution < 1.29 is 13.2 Å². The Morgan fingerprint density at radius 3 is 2.06 bits per heavy atom. The van der Waals surface area contributed by atoms with Crippen LogP contribution in [0.25, 0.3) is 0 Å².